The molecule has 1 spiro atoms. The van der Waals surface area contributed by atoms with Crippen LogP contribution in [0.3, 0.4) is 0 Å². The van der Waals surface area contributed by atoms with Gasteiger partial charge in [-0.3, -0.25) is 4.79 Å². The molecule has 0 radical (unpaired) electrons. The van der Waals surface area contributed by atoms with E-state index in [0.29, 0.717) is 43.8 Å². The Labute approximate surface area is 256 Å². The topological polar surface area (TPSA) is 138 Å². The van der Waals surface area contributed by atoms with Crippen LogP contribution in [-0.2, 0) is 14.8 Å². The minimum Gasteiger partial charge on any atom is -0.497 e. The zero-order chi connectivity index (χ0) is 30.9. The van der Waals surface area contributed by atoms with Crippen molar-refractivity contribution >= 4 is 27.6 Å². The van der Waals surface area contributed by atoms with E-state index in [0.717, 1.165) is 15.4 Å². The van der Waals surface area contributed by atoms with Crippen molar-refractivity contribution in [1.82, 2.24) is 14.5 Å². The first kappa shape index (κ1) is 29.9. The molecule has 3 amide bonds. The number of anilines is 1. The van der Waals surface area contributed by atoms with Gasteiger partial charge in [0, 0.05) is 49.8 Å². The highest BCUT2D eigenvalue weighted by atomic mass is 32.2. The molecule has 12 heteroatoms. The molecule has 232 valence electrons. The number of carbonyl (C=O) groups is 2. The monoisotopic (exact) mass is 620 g/mol. The fourth-order valence-corrected chi connectivity index (χ4v) is 7.99. The Morgan fingerprint density at radius 2 is 1.80 bits per heavy atom. The zero-order valence-corrected chi connectivity index (χ0v) is 25.3. The summed E-state index contributed by atoms with van der Waals surface area (Å²) in [6.07, 6.45) is 0.330. The largest absolute Gasteiger partial charge is 0.497 e. The number of carbonyl (C=O) groups excluding carboxylic acids is 2. The van der Waals surface area contributed by atoms with E-state index >= 15 is 0 Å². The number of nitrogens with zero attached hydrogens (tertiary/aromatic N) is 2. The van der Waals surface area contributed by atoms with E-state index in [9.17, 15) is 23.1 Å². The standard InChI is InChI=1S/C32H36N4O7S/c1-42-26-9-5-8-24(19-26)33-31(39)35-15-12-32(13-16-35)14-17-43-28-18-23(22-6-3-2-4-7-22)10-11-29(28)44(40,41)36-21-25(37)20-27(36)30(38)34-32/h2-11,18-19,25,27,37H,12-17,20-21H2,1H3,(H,33,39)(H,34,38)/t25-,27+/m1/s1. The molecule has 3 N–H and O–H groups in total. The van der Waals surface area contributed by atoms with Crippen molar-refractivity contribution in [1.29, 1.82) is 0 Å². The lowest BCUT2D eigenvalue weighted by Crippen LogP contribution is -2.60. The quantitative estimate of drug-likeness (QED) is 0.408. The van der Waals surface area contributed by atoms with Crippen molar-refractivity contribution in [2.75, 3.05) is 38.7 Å². The van der Waals surface area contributed by atoms with Crippen LogP contribution >= 0.6 is 0 Å². The number of rotatable bonds is 3. The number of methoxy groups -OCH3 is 1. The number of aliphatic hydroxyl groups is 1. The Morgan fingerprint density at radius 1 is 1.02 bits per heavy atom. The van der Waals surface area contributed by atoms with Crippen LogP contribution in [0.15, 0.2) is 77.7 Å². The Hall–Kier alpha value is -4.13. The van der Waals surface area contributed by atoms with Gasteiger partial charge in [-0.25, -0.2) is 13.2 Å². The van der Waals surface area contributed by atoms with Gasteiger partial charge in [0.1, 0.15) is 22.4 Å². The van der Waals surface area contributed by atoms with Crippen molar-refractivity contribution in [2.45, 2.75) is 48.3 Å². The summed E-state index contributed by atoms with van der Waals surface area (Å²) in [6.45, 7) is 0.718. The maximum atomic E-state index is 13.9. The molecule has 3 aliphatic heterocycles. The van der Waals surface area contributed by atoms with Gasteiger partial charge in [-0.1, -0.05) is 42.5 Å². The molecule has 2 saturated heterocycles. The molecule has 0 bridgehead atoms. The van der Waals surface area contributed by atoms with Gasteiger partial charge >= 0.3 is 6.03 Å². The number of sulfonamides is 1. The number of nitrogens with one attached hydrogen (secondary N) is 2. The highest BCUT2D eigenvalue weighted by Crippen LogP contribution is 2.37. The highest BCUT2D eigenvalue weighted by molar-refractivity contribution is 7.89. The van der Waals surface area contributed by atoms with Crippen LogP contribution in [0.25, 0.3) is 11.1 Å². The SMILES string of the molecule is COc1cccc(NC(=O)N2CCC3(CCOc4cc(-c5ccccc5)ccc4S(=O)(=O)N4C[C@H](O)C[C@H]4C(=O)N3)CC2)c1. The van der Waals surface area contributed by atoms with Crippen LogP contribution in [0.1, 0.15) is 25.7 Å². The summed E-state index contributed by atoms with van der Waals surface area (Å²) >= 11 is 0. The molecular formula is C32H36N4O7S. The summed E-state index contributed by atoms with van der Waals surface area (Å²) in [4.78, 5) is 28.5. The van der Waals surface area contributed by atoms with Gasteiger partial charge in [-0.2, -0.15) is 4.31 Å². The first-order valence-electron chi connectivity index (χ1n) is 14.7. The summed E-state index contributed by atoms with van der Waals surface area (Å²) in [5.74, 6) is 0.376. The molecule has 44 heavy (non-hydrogen) atoms. The molecule has 11 nitrogen and oxygen atoms in total. The van der Waals surface area contributed by atoms with E-state index in [2.05, 4.69) is 10.6 Å². The average molecular weight is 621 g/mol. The number of aliphatic hydroxyl groups excluding tert-OH is 1. The predicted molar refractivity (Wildman–Crippen MR) is 164 cm³/mol. The zero-order valence-electron chi connectivity index (χ0n) is 24.4. The smallest absolute Gasteiger partial charge is 0.321 e. The van der Waals surface area contributed by atoms with Crippen LogP contribution in [0.2, 0.25) is 0 Å². The van der Waals surface area contributed by atoms with Gasteiger partial charge < -0.3 is 30.1 Å². The molecule has 3 aromatic rings. The van der Waals surface area contributed by atoms with Crippen LogP contribution < -0.4 is 20.1 Å². The van der Waals surface area contributed by atoms with Crippen molar-refractivity contribution in [3.05, 3.63) is 72.8 Å². The lowest BCUT2D eigenvalue weighted by atomic mass is 9.84. The van der Waals surface area contributed by atoms with Crippen LogP contribution in [0.5, 0.6) is 11.5 Å². The average Bonchev–Trinajstić information content (AvgIpc) is 3.44. The van der Waals surface area contributed by atoms with Gasteiger partial charge in [0.05, 0.1) is 19.8 Å². The number of benzene rings is 3. The second-order valence-corrected chi connectivity index (χ2v) is 13.4. The highest BCUT2D eigenvalue weighted by Gasteiger charge is 2.47. The summed E-state index contributed by atoms with van der Waals surface area (Å²) < 4.78 is 40.4. The van der Waals surface area contributed by atoms with E-state index < -0.39 is 33.6 Å². The fourth-order valence-electron chi connectivity index (χ4n) is 6.24. The van der Waals surface area contributed by atoms with Crippen molar-refractivity contribution < 1.29 is 32.6 Å². The van der Waals surface area contributed by atoms with Gasteiger partial charge in [-0.15, -0.1) is 0 Å². The lowest BCUT2D eigenvalue weighted by Gasteiger charge is -2.43. The van der Waals surface area contributed by atoms with Gasteiger partial charge in [0.15, 0.2) is 0 Å². The summed E-state index contributed by atoms with van der Waals surface area (Å²) in [7, 11) is -2.62. The number of amides is 3. The number of piperidine rings is 1. The van der Waals surface area contributed by atoms with Gasteiger partial charge in [0.25, 0.3) is 0 Å². The maximum Gasteiger partial charge on any atom is 0.321 e. The molecule has 0 aromatic heterocycles. The summed E-state index contributed by atoms with van der Waals surface area (Å²) in [5, 5.41) is 16.5. The summed E-state index contributed by atoms with van der Waals surface area (Å²) in [5.41, 5.74) is 1.59. The maximum absolute atomic E-state index is 13.9. The molecule has 3 aromatic carbocycles. The summed E-state index contributed by atoms with van der Waals surface area (Å²) in [6, 6.07) is 20.3. The van der Waals surface area contributed by atoms with Crippen LogP contribution in [0, 0.1) is 0 Å². The Kier molecular flexibility index (Phi) is 8.23. The third-order valence-corrected chi connectivity index (χ3v) is 10.6. The second-order valence-electron chi connectivity index (χ2n) is 11.5. The van der Waals surface area contributed by atoms with Crippen molar-refractivity contribution in [2.24, 2.45) is 0 Å². The van der Waals surface area contributed by atoms with Crippen LogP contribution in [0.4, 0.5) is 10.5 Å². The molecule has 6 rings (SSSR count). The number of hydrogen-bond donors (Lipinski definition) is 3. The molecule has 0 unspecified atom stereocenters. The molecule has 0 saturated carbocycles. The van der Waals surface area contributed by atoms with E-state index in [1.54, 1.807) is 48.4 Å². The van der Waals surface area contributed by atoms with Gasteiger partial charge in [-0.05, 0) is 48.2 Å². The number of ether oxygens (including phenoxy) is 2. The van der Waals surface area contributed by atoms with Gasteiger partial charge in [0.2, 0.25) is 15.9 Å². The van der Waals surface area contributed by atoms with Crippen molar-refractivity contribution in [3.8, 4) is 22.6 Å². The predicted octanol–water partition coefficient (Wildman–Crippen LogP) is 3.45. The second kappa shape index (κ2) is 12.1. The van der Waals surface area contributed by atoms with E-state index in [-0.39, 0.29) is 36.2 Å². The van der Waals surface area contributed by atoms with Crippen LogP contribution in [-0.4, -0.2) is 85.7 Å². The fraction of sp³-hybridized carbons (Fsp3) is 0.375. The third kappa shape index (κ3) is 5.97. The Balaban J connectivity index is 1.26. The number of urea groups is 1. The molecule has 2 fully saturated rings. The minimum atomic E-state index is -4.18. The van der Waals surface area contributed by atoms with E-state index in [4.69, 9.17) is 9.47 Å². The Bertz CT molecular complexity index is 1640. The third-order valence-electron chi connectivity index (χ3n) is 8.73. The first-order valence-corrected chi connectivity index (χ1v) is 16.2. The lowest BCUT2D eigenvalue weighted by molar-refractivity contribution is -0.127. The molecule has 0 aliphatic carbocycles. The molecular weight excluding hydrogens is 584 g/mol. The normalized spacial score (nSPS) is 23.0. The first-order chi connectivity index (χ1) is 21.2. The molecule has 3 heterocycles. The molecule has 2 atom stereocenters. The van der Waals surface area contributed by atoms with Crippen molar-refractivity contribution in [3.63, 3.8) is 0 Å². The number of hydrogen-bond acceptors (Lipinski definition) is 7. The number of likely N-dealkylation sites (tertiary alicyclic amines) is 1. The number of fused-ring (bicyclic) bond motifs is 2. The van der Waals surface area contributed by atoms with E-state index in [1.165, 1.54) is 6.07 Å². The van der Waals surface area contributed by atoms with E-state index in [1.807, 2.05) is 30.3 Å². The minimum absolute atomic E-state index is 0.00545. The Morgan fingerprint density at radius 3 is 2.55 bits per heavy atom. The molecule has 3 aliphatic rings.